The number of methoxy groups -OCH3 is 1. The van der Waals surface area contributed by atoms with Crippen LogP contribution in [0.1, 0.15) is 94.9 Å². The summed E-state index contributed by atoms with van der Waals surface area (Å²) >= 11 is 0. The fraction of sp³-hybridized carbons (Fsp3) is 0.947. The highest BCUT2D eigenvalue weighted by Gasteiger charge is 2.52. The molecule has 5 N–H and O–H groups in total. The number of carbonyl (C=O) groups is 2. The minimum atomic E-state index is -1.82. The Balaban J connectivity index is 2.18. The zero-order chi connectivity index (χ0) is 40.4. The molecule has 0 radical (unpaired) electrons. The van der Waals surface area contributed by atoms with Crippen LogP contribution in [0, 0.1) is 17.8 Å². The molecule has 1 unspecified atom stereocenters. The first kappa shape index (κ1) is 45.9. The van der Waals surface area contributed by atoms with E-state index in [2.05, 4.69) is 0 Å². The summed E-state index contributed by atoms with van der Waals surface area (Å²) in [5, 5.41) is 58.1. The third-order valence-electron chi connectivity index (χ3n) is 12.2. The van der Waals surface area contributed by atoms with Crippen molar-refractivity contribution in [2.45, 2.75) is 185 Å². The second kappa shape index (κ2) is 18.2. The van der Waals surface area contributed by atoms with E-state index in [9.17, 15) is 35.1 Å². The fourth-order valence-electron chi connectivity index (χ4n) is 8.71. The molecule has 3 fully saturated rings. The van der Waals surface area contributed by atoms with Gasteiger partial charge in [0.25, 0.3) is 0 Å². The van der Waals surface area contributed by atoms with Gasteiger partial charge in [0, 0.05) is 39.1 Å². The Morgan fingerprint density at radius 3 is 2.17 bits per heavy atom. The van der Waals surface area contributed by atoms with E-state index in [0.29, 0.717) is 19.4 Å². The molecule has 0 aromatic heterocycles. The molecular weight excluding hydrogens is 692 g/mol. The average Bonchev–Trinajstić information content (AvgIpc) is 3.09. The van der Waals surface area contributed by atoms with Crippen LogP contribution in [0.2, 0.25) is 0 Å². The minimum absolute atomic E-state index is 0.101. The molecule has 0 aromatic rings. The zero-order valence-electron chi connectivity index (χ0n) is 34.2. The number of hydrogen-bond acceptors (Lipinski definition) is 14. The number of amides is 1. The van der Waals surface area contributed by atoms with Crippen molar-refractivity contribution >= 4 is 12.4 Å². The molecule has 0 saturated carbocycles. The SMILES string of the molecule is CC[C@H]1OC(=O)[C@H](C)[C@@H](O[C@H]2C[C@@](C)(OC)[C@@H](O)[C@H](C)O2)[C@H](C)[C@@H](OC2O[C@H](C)C[C@H](N(C)C=O)[C@H]2O)[C@](C)(O)C[C@@H](C)CN(C)[C@H](C)[C@@H](O)[C@]1(C)O. The molecule has 3 saturated heterocycles. The monoisotopic (exact) mass is 762 g/mol. The van der Waals surface area contributed by atoms with Crippen molar-refractivity contribution in [1.29, 1.82) is 0 Å². The molecule has 15 heteroatoms. The lowest BCUT2D eigenvalue weighted by molar-refractivity contribution is -0.317. The molecular formula is C38H70N2O13. The van der Waals surface area contributed by atoms with Gasteiger partial charge in [-0.3, -0.25) is 9.59 Å². The van der Waals surface area contributed by atoms with Gasteiger partial charge in [-0.05, 0) is 80.7 Å². The van der Waals surface area contributed by atoms with Crippen LogP contribution in [0.25, 0.3) is 0 Å². The smallest absolute Gasteiger partial charge is 0.311 e. The highest BCUT2D eigenvalue weighted by atomic mass is 16.7. The van der Waals surface area contributed by atoms with E-state index in [1.807, 2.05) is 25.8 Å². The van der Waals surface area contributed by atoms with Gasteiger partial charge in [-0.15, -0.1) is 0 Å². The van der Waals surface area contributed by atoms with Gasteiger partial charge >= 0.3 is 5.97 Å². The molecule has 3 aliphatic heterocycles. The number of ether oxygens (including phenoxy) is 6. The summed E-state index contributed by atoms with van der Waals surface area (Å²) in [7, 11) is 4.88. The van der Waals surface area contributed by atoms with Crippen LogP contribution in [0.4, 0.5) is 0 Å². The first-order valence-corrected chi connectivity index (χ1v) is 19.2. The number of hydrogen-bond donors (Lipinski definition) is 5. The maximum atomic E-state index is 14.2. The molecule has 18 atom stereocenters. The van der Waals surface area contributed by atoms with E-state index in [1.165, 1.54) is 18.9 Å². The molecule has 53 heavy (non-hydrogen) atoms. The second-order valence-electron chi connectivity index (χ2n) is 17.0. The van der Waals surface area contributed by atoms with E-state index in [0.717, 1.165) is 0 Å². The van der Waals surface area contributed by atoms with Gasteiger partial charge in [-0.2, -0.15) is 0 Å². The van der Waals surface area contributed by atoms with E-state index < -0.39 is 108 Å². The number of carbonyl (C=O) groups excluding carboxylic acids is 2. The lowest BCUT2D eigenvalue weighted by atomic mass is 9.77. The number of likely N-dealkylation sites (N-methyl/N-ethyl adjacent to an activating group) is 2. The Bertz CT molecular complexity index is 1190. The van der Waals surface area contributed by atoms with E-state index in [4.69, 9.17) is 28.4 Å². The predicted octanol–water partition coefficient (Wildman–Crippen LogP) is 1.43. The van der Waals surface area contributed by atoms with Crippen molar-refractivity contribution < 1.29 is 63.5 Å². The third kappa shape index (κ3) is 10.3. The molecule has 0 aliphatic carbocycles. The average molecular weight is 763 g/mol. The van der Waals surface area contributed by atoms with Gasteiger partial charge in [-0.1, -0.05) is 20.8 Å². The highest BCUT2D eigenvalue weighted by molar-refractivity contribution is 5.73. The van der Waals surface area contributed by atoms with Crippen LogP contribution >= 0.6 is 0 Å². The summed E-state index contributed by atoms with van der Waals surface area (Å²) in [5.41, 5.74) is -4.50. The molecule has 0 spiro atoms. The highest BCUT2D eigenvalue weighted by Crippen LogP contribution is 2.40. The Morgan fingerprint density at radius 2 is 1.60 bits per heavy atom. The van der Waals surface area contributed by atoms with Crippen LogP contribution in [0.3, 0.4) is 0 Å². The fourth-order valence-corrected chi connectivity index (χ4v) is 8.71. The van der Waals surface area contributed by atoms with Gasteiger partial charge in [0.1, 0.15) is 30.0 Å². The van der Waals surface area contributed by atoms with Crippen molar-refractivity contribution in [3.8, 4) is 0 Å². The van der Waals surface area contributed by atoms with Crippen LogP contribution in [0.15, 0.2) is 0 Å². The Morgan fingerprint density at radius 1 is 0.981 bits per heavy atom. The van der Waals surface area contributed by atoms with Gasteiger partial charge in [0.2, 0.25) is 6.41 Å². The molecule has 3 heterocycles. The van der Waals surface area contributed by atoms with Gasteiger partial charge < -0.3 is 63.8 Å². The molecule has 1 amide bonds. The van der Waals surface area contributed by atoms with Crippen molar-refractivity contribution in [2.75, 3.05) is 27.7 Å². The Kier molecular flexibility index (Phi) is 15.7. The largest absolute Gasteiger partial charge is 0.459 e. The second-order valence-corrected chi connectivity index (χ2v) is 17.0. The first-order valence-electron chi connectivity index (χ1n) is 19.2. The van der Waals surface area contributed by atoms with Crippen LogP contribution in [-0.4, -0.2) is 166 Å². The number of nitrogens with zero attached hydrogens (tertiary/aromatic N) is 2. The molecule has 0 aromatic carbocycles. The summed E-state index contributed by atoms with van der Waals surface area (Å²) in [5.74, 6) is -2.78. The Labute approximate surface area is 316 Å². The molecule has 3 aliphatic rings. The van der Waals surface area contributed by atoms with Crippen molar-refractivity contribution in [3.05, 3.63) is 0 Å². The zero-order valence-corrected chi connectivity index (χ0v) is 34.2. The normalized spacial score (nSPS) is 48.6. The summed E-state index contributed by atoms with van der Waals surface area (Å²) in [6, 6.07) is -1.19. The number of cyclic esters (lactones) is 1. The van der Waals surface area contributed by atoms with E-state index >= 15 is 0 Å². The first-order chi connectivity index (χ1) is 24.4. The minimum Gasteiger partial charge on any atom is -0.459 e. The quantitative estimate of drug-likeness (QED) is 0.176. The van der Waals surface area contributed by atoms with Crippen molar-refractivity contribution in [3.63, 3.8) is 0 Å². The lowest BCUT2D eigenvalue weighted by Crippen LogP contribution is -2.60. The van der Waals surface area contributed by atoms with Crippen LogP contribution in [-0.2, 0) is 38.0 Å². The van der Waals surface area contributed by atoms with Gasteiger partial charge in [-0.25, -0.2) is 0 Å². The van der Waals surface area contributed by atoms with Gasteiger partial charge in [0.15, 0.2) is 12.6 Å². The lowest BCUT2D eigenvalue weighted by Gasteiger charge is -2.48. The topological polar surface area (TPSA) is 197 Å². The maximum Gasteiger partial charge on any atom is 0.311 e. The summed E-state index contributed by atoms with van der Waals surface area (Å²) in [6.45, 7) is 17.6. The molecule has 0 bridgehead atoms. The van der Waals surface area contributed by atoms with Crippen LogP contribution < -0.4 is 0 Å². The number of rotatable bonds is 8. The Hall–Kier alpha value is -1.50. The van der Waals surface area contributed by atoms with E-state index in [1.54, 1.807) is 55.5 Å². The predicted molar refractivity (Wildman–Crippen MR) is 194 cm³/mol. The summed E-state index contributed by atoms with van der Waals surface area (Å²) in [6.07, 6.45) is -8.72. The molecule has 310 valence electrons. The third-order valence-corrected chi connectivity index (χ3v) is 12.2. The molecule has 15 nitrogen and oxygen atoms in total. The number of aliphatic hydroxyl groups excluding tert-OH is 3. The van der Waals surface area contributed by atoms with Crippen LogP contribution in [0.5, 0.6) is 0 Å². The summed E-state index contributed by atoms with van der Waals surface area (Å²) < 4.78 is 37.3. The van der Waals surface area contributed by atoms with Crippen molar-refractivity contribution in [2.24, 2.45) is 17.8 Å². The summed E-state index contributed by atoms with van der Waals surface area (Å²) in [4.78, 5) is 29.2. The number of aliphatic hydroxyl groups is 5. The van der Waals surface area contributed by atoms with Gasteiger partial charge in [0.05, 0.1) is 47.6 Å². The van der Waals surface area contributed by atoms with Crippen molar-refractivity contribution in [1.82, 2.24) is 9.80 Å². The standard InChI is InChI=1S/C38H70N2O13/c1-14-27-38(10,47)31(43)24(6)39(11)18-20(2)16-36(8,46)33(53-35-29(42)26(40(12)19-41)15-21(3)49-35)22(4)30(23(5)34(45)51-27)52-28-17-37(9,48-13)32(44)25(7)50-28/h19-33,35,42-44,46-47H,14-18H2,1-13H3/t20-,21-,22+,23-,24-,25+,26+,27-,28+,29-,30+,31-,32+,33-,35?,36-,37-,38-/m1/s1. The molecule has 3 rings (SSSR count). The van der Waals surface area contributed by atoms with E-state index in [-0.39, 0.29) is 25.2 Å². The number of esters is 1. The maximum absolute atomic E-state index is 14.2.